The molecule has 0 bridgehead atoms. The molecule has 0 radical (unpaired) electrons. The van der Waals surface area contributed by atoms with Crippen molar-refractivity contribution in [2.45, 2.75) is 23.8 Å². The maximum Gasteiger partial charge on any atom is 0.262 e. The molecule has 1 fully saturated rings. The van der Waals surface area contributed by atoms with Crippen molar-refractivity contribution in [3.63, 3.8) is 0 Å². The molecule has 1 aliphatic heterocycles. The van der Waals surface area contributed by atoms with Crippen LogP contribution in [-0.4, -0.2) is 27.0 Å². The van der Waals surface area contributed by atoms with E-state index in [1.807, 2.05) is 0 Å². The Bertz CT molecular complexity index is 880. The van der Waals surface area contributed by atoms with Gasteiger partial charge in [-0.05, 0) is 43.2 Å². The third kappa shape index (κ3) is 4.31. The van der Waals surface area contributed by atoms with Crippen molar-refractivity contribution in [3.05, 3.63) is 53.6 Å². The predicted molar refractivity (Wildman–Crippen MR) is 96.3 cm³/mol. The van der Waals surface area contributed by atoms with E-state index < -0.39 is 16.1 Å². The summed E-state index contributed by atoms with van der Waals surface area (Å²) in [5.41, 5.74) is 0.681. The van der Waals surface area contributed by atoms with Gasteiger partial charge in [0.05, 0.1) is 15.6 Å². The highest BCUT2D eigenvalue weighted by Crippen LogP contribution is 2.25. The monoisotopic (exact) mass is 380 g/mol. The summed E-state index contributed by atoms with van der Waals surface area (Å²) in [7, 11) is -3.83. The molecule has 0 saturated carbocycles. The maximum atomic E-state index is 12.5. The van der Waals surface area contributed by atoms with Crippen LogP contribution < -0.4 is 10.0 Å². The third-order valence-corrected chi connectivity index (χ3v) is 5.44. The van der Waals surface area contributed by atoms with Crippen LogP contribution in [0.15, 0.2) is 53.4 Å². The number of carbonyl (C=O) groups excluding carboxylic acids is 1. The largest absolute Gasteiger partial charge is 0.368 e. The highest BCUT2D eigenvalue weighted by molar-refractivity contribution is 7.92. The van der Waals surface area contributed by atoms with E-state index >= 15 is 0 Å². The van der Waals surface area contributed by atoms with E-state index in [2.05, 4.69) is 10.0 Å². The molecule has 1 aliphatic rings. The Morgan fingerprint density at radius 2 is 1.96 bits per heavy atom. The molecule has 0 aliphatic carbocycles. The van der Waals surface area contributed by atoms with Gasteiger partial charge in [-0.25, -0.2) is 8.42 Å². The van der Waals surface area contributed by atoms with Crippen LogP contribution in [0.5, 0.6) is 0 Å². The molecule has 132 valence electrons. The molecule has 2 aromatic rings. The molecule has 25 heavy (non-hydrogen) atoms. The molecule has 1 heterocycles. The van der Waals surface area contributed by atoms with Gasteiger partial charge >= 0.3 is 0 Å². The molecular formula is C17H17ClN2O4S. The van der Waals surface area contributed by atoms with Crippen molar-refractivity contribution in [2.75, 3.05) is 16.6 Å². The van der Waals surface area contributed by atoms with Crippen LogP contribution in [0.3, 0.4) is 0 Å². The summed E-state index contributed by atoms with van der Waals surface area (Å²) in [5.74, 6) is -0.272. The summed E-state index contributed by atoms with van der Waals surface area (Å²) < 4.78 is 32.8. The zero-order valence-electron chi connectivity index (χ0n) is 13.2. The second-order valence-electron chi connectivity index (χ2n) is 5.60. The summed E-state index contributed by atoms with van der Waals surface area (Å²) >= 11 is 5.99. The van der Waals surface area contributed by atoms with E-state index in [9.17, 15) is 13.2 Å². The minimum absolute atomic E-state index is 0.0255. The number of ether oxygens (including phenoxy) is 1. The van der Waals surface area contributed by atoms with Gasteiger partial charge in [-0.15, -0.1) is 0 Å². The van der Waals surface area contributed by atoms with Gasteiger partial charge in [-0.1, -0.05) is 29.8 Å². The van der Waals surface area contributed by atoms with E-state index in [0.717, 1.165) is 6.42 Å². The first-order chi connectivity index (χ1) is 12.0. The fourth-order valence-corrected chi connectivity index (χ4v) is 3.86. The third-order valence-electron chi connectivity index (χ3n) is 3.75. The Morgan fingerprint density at radius 3 is 2.68 bits per heavy atom. The molecule has 2 aromatic carbocycles. The van der Waals surface area contributed by atoms with Crippen LogP contribution in [-0.2, 0) is 19.6 Å². The van der Waals surface area contributed by atoms with Crippen LogP contribution in [0.1, 0.15) is 12.8 Å². The highest BCUT2D eigenvalue weighted by Gasteiger charge is 2.24. The normalized spacial score (nSPS) is 17.2. The average molecular weight is 381 g/mol. The molecule has 1 saturated heterocycles. The molecule has 1 atom stereocenters. The lowest BCUT2D eigenvalue weighted by Crippen LogP contribution is -2.27. The summed E-state index contributed by atoms with van der Waals surface area (Å²) in [6, 6.07) is 12.6. The van der Waals surface area contributed by atoms with Crippen LogP contribution in [0.25, 0.3) is 0 Å². The second-order valence-corrected chi connectivity index (χ2v) is 7.69. The number of hydrogen-bond acceptors (Lipinski definition) is 4. The van der Waals surface area contributed by atoms with Gasteiger partial charge in [-0.3, -0.25) is 9.52 Å². The van der Waals surface area contributed by atoms with Crippen molar-refractivity contribution in [1.82, 2.24) is 0 Å². The van der Waals surface area contributed by atoms with Crippen molar-refractivity contribution in [2.24, 2.45) is 0 Å². The van der Waals surface area contributed by atoms with Gasteiger partial charge in [0.1, 0.15) is 6.10 Å². The Morgan fingerprint density at radius 1 is 1.16 bits per heavy atom. The lowest BCUT2D eigenvalue weighted by Gasteiger charge is -2.13. The summed E-state index contributed by atoms with van der Waals surface area (Å²) in [4.78, 5) is 12.1. The van der Waals surface area contributed by atoms with Crippen LogP contribution in [0.4, 0.5) is 11.4 Å². The average Bonchev–Trinajstić information content (AvgIpc) is 3.12. The molecular weight excluding hydrogens is 364 g/mol. The van der Waals surface area contributed by atoms with Crippen molar-refractivity contribution < 1.29 is 17.9 Å². The number of amides is 1. The van der Waals surface area contributed by atoms with Gasteiger partial charge < -0.3 is 10.1 Å². The topological polar surface area (TPSA) is 84.5 Å². The first-order valence-electron chi connectivity index (χ1n) is 7.75. The van der Waals surface area contributed by atoms with E-state index in [-0.39, 0.29) is 16.5 Å². The molecule has 1 unspecified atom stereocenters. The van der Waals surface area contributed by atoms with Crippen molar-refractivity contribution >= 4 is 38.9 Å². The van der Waals surface area contributed by atoms with Gasteiger partial charge in [0, 0.05) is 12.3 Å². The number of benzene rings is 2. The number of sulfonamides is 1. The Balaban J connectivity index is 1.78. The van der Waals surface area contributed by atoms with E-state index in [1.165, 1.54) is 12.1 Å². The van der Waals surface area contributed by atoms with Crippen molar-refractivity contribution in [3.8, 4) is 0 Å². The van der Waals surface area contributed by atoms with E-state index in [0.29, 0.717) is 23.7 Å². The first kappa shape index (κ1) is 17.7. The molecule has 0 spiro atoms. The Kier molecular flexibility index (Phi) is 5.27. The summed E-state index contributed by atoms with van der Waals surface area (Å²) in [6.07, 6.45) is 1.02. The Hall–Kier alpha value is -2.09. The minimum atomic E-state index is -3.83. The lowest BCUT2D eigenvalue weighted by molar-refractivity contribution is -0.124. The van der Waals surface area contributed by atoms with Crippen molar-refractivity contribution in [1.29, 1.82) is 0 Å². The maximum absolute atomic E-state index is 12.5. The number of carbonyl (C=O) groups is 1. The molecule has 6 nitrogen and oxygen atoms in total. The lowest BCUT2D eigenvalue weighted by atomic mass is 10.2. The molecule has 3 rings (SSSR count). The number of anilines is 2. The quantitative estimate of drug-likeness (QED) is 0.833. The van der Waals surface area contributed by atoms with Gasteiger partial charge in [0.15, 0.2) is 0 Å². The first-order valence-corrected chi connectivity index (χ1v) is 9.62. The fraction of sp³-hybridized carbons (Fsp3) is 0.235. The summed E-state index contributed by atoms with van der Waals surface area (Å²) in [6.45, 7) is 0.564. The van der Waals surface area contributed by atoms with E-state index in [1.54, 1.807) is 36.4 Å². The van der Waals surface area contributed by atoms with Gasteiger partial charge in [-0.2, -0.15) is 0 Å². The smallest absolute Gasteiger partial charge is 0.262 e. The second kappa shape index (κ2) is 7.43. The molecule has 2 N–H and O–H groups in total. The Labute approximate surface area is 151 Å². The number of halogens is 1. The van der Waals surface area contributed by atoms with Gasteiger partial charge in [0.25, 0.3) is 15.9 Å². The van der Waals surface area contributed by atoms with Crippen LogP contribution in [0, 0.1) is 0 Å². The van der Waals surface area contributed by atoms with Crippen LogP contribution in [0.2, 0.25) is 5.02 Å². The summed E-state index contributed by atoms with van der Waals surface area (Å²) in [5, 5.41) is 2.99. The number of rotatable bonds is 5. The minimum Gasteiger partial charge on any atom is -0.368 e. The number of nitrogens with one attached hydrogen (secondary N) is 2. The number of hydrogen-bond donors (Lipinski definition) is 2. The van der Waals surface area contributed by atoms with Gasteiger partial charge in [0.2, 0.25) is 0 Å². The van der Waals surface area contributed by atoms with E-state index in [4.69, 9.17) is 16.3 Å². The number of para-hydroxylation sites is 1. The molecule has 8 heteroatoms. The fourth-order valence-electron chi connectivity index (χ4n) is 2.50. The van der Waals surface area contributed by atoms with Crippen LogP contribution >= 0.6 is 11.6 Å². The highest BCUT2D eigenvalue weighted by atomic mass is 35.5. The predicted octanol–water partition coefficient (Wildman–Crippen LogP) is 3.26. The molecule has 0 aromatic heterocycles. The SMILES string of the molecule is O=C(Nc1cccc(S(=O)(=O)Nc2ccccc2Cl)c1)C1CCCO1. The molecule has 1 amide bonds. The zero-order valence-corrected chi connectivity index (χ0v) is 14.8. The zero-order chi connectivity index (χ0) is 17.9. The standard InChI is InChI=1S/C17H17ClN2O4S/c18-14-7-1-2-8-15(14)20-25(22,23)13-6-3-5-12(11-13)19-17(21)16-9-4-10-24-16/h1-3,5-8,11,16,20H,4,9-10H2,(H,19,21).